The zero-order valence-electron chi connectivity index (χ0n) is 18.6. The largest absolute Gasteiger partial charge is 0.496 e. The van der Waals surface area contributed by atoms with E-state index in [4.69, 9.17) is 4.74 Å². The van der Waals surface area contributed by atoms with Crippen LogP contribution >= 0.6 is 0 Å². The summed E-state index contributed by atoms with van der Waals surface area (Å²) in [6, 6.07) is 7.88. The molecule has 0 bridgehead atoms. The highest BCUT2D eigenvalue weighted by atomic mass is 16.5. The van der Waals surface area contributed by atoms with Gasteiger partial charge in [-0.15, -0.1) is 0 Å². The summed E-state index contributed by atoms with van der Waals surface area (Å²) in [6.45, 7) is 3.11. The molecule has 4 rings (SSSR count). The van der Waals surface area contributed by atoms with E-state index in [1.807, 2.05) is 17.0 Å². The normalized spacial score (nSPS) is 25.9. The molecule has 1 aliphatic carbocycles. The number of methoxy groups -OCH3 is 1. The molecule has 0 N–H and O–H groups in total. The summed E-state index contributed by atoms with van der Waals surface area (Å²) < 4.78 is 5.50. The summed E-state index contributed by atoms with van der Waals surface area (Å²) >= 11 is 0. The van der Waals surface area contributed by atoms with Gasteiger partial charge in [-0.2, -0.15) is 0 Å². The maximum absolute atomic E-state index is 13.4. The Kier molecular flexibility index (Phi) is 6.32. The molecule has 2 saturated heterocycles. The number of ether oxygens (including phenoxy) is 1. The molecule has 2 aliphatic heterocycles. The molecule has 7 nitrogen and oxygen atoms in total. The van der Waals surface area contributed by atoms with Crippen LogP contribution in [0, 0.1) is 0 Å². The van der Waals surface area contributed by atoms with Crippen LogP contribution in [0.2, 0.25) is 0 Å². The Morgan fingerprint density at radius 1 is 1.06 bits per heavy atom. The molecule has 31 heavy (non-hydrogen) atoms. The molecule has 1 atom stereocenters. The standard InChI is InChI=1S/C24H33N3O4/c1-25-21(28)16-24(23(25)30,19-10-6-7-11-20(19)31-2)17-22(29)27-14-12-26(13-15-27)18-8-4-3-5-9-18/h6-7,10-11,18H,3-5,8-9,12-17H2,1-2H3/t24-/m0/s1. The van der Waals surface area contributed by atoms with Crippen molar-refractivity contribution >= 4 is 17.7 Å². The van der Waals surface area contributed by atoms with E-state index in [-0.39, 0.29) is 30.6 Å². The smallest absolute Gasteiger partial charge is 0.240 e. The molecule has 0 spiro atoms. The van der Waals surface area contributed by atoms with Crippen molar-refractivity contribution in [1.29, 1.82) is 0 Å². The lowest BCUT2D eigenvalue weighted by atomic mass is 9.75. The van der Waals surface area contributed by atoms with Crippen molar-refractivity contribution in [2.24, 2.45) is 0 Å². The fourth-order valence-electron chi connectivity index (χ4n) is 5.52. The molecule has 3 fully saturated rings. The molecule has 7 heteroatoms. The molecular formula is C24H33N3O4. The number of benzene rings is 1. The van der Waals surface area contributed by atoms with E-state index < -0.39 is 5.41 Å². The highest BCUT2D eigenvalue weighted by Crippen LogP contribution is 2.43. The van der Waals surface area contributed by atoms with Gasteiger partial charge in [-0.3, -0.25) is 24.2 Å². The minimum atomic E-state index is -1.20. The minimum Gasteiger partial charge on any atom is -0.496 e. The summed E-state index contributed by atoms with van der Waals surface area (Å²) in [5.74, 6) is -0.110. The molecule has 1 saturated carbocycles. The first-order chi connectivity index (χ1) is 15.0. The molecular weight excluding hydrogens is 394 g/mol. The fourth-order valence-corrected chi connectivity index (χ4v) is 5.52. The molecule has 3 aliphatic rings. The number of rotatable bonds is 5. The predicted octanol–water partition coefficient (Wildman–Crippen LogP) is 2.19. The number of hydrogen-bond acceptors (Lipinski definition) is 5. The summed E-state index contributed by atoms with van der Waals surface area (Å²) in [5.41, 5.74) is -0.579. The van der Waals surface area contributed by atoms with E-state index in [1.54, 1.807) is 19.2 Å². The van der Waals surface area contributed by atoms with Gasteiger partial charge in [-0.1, -0.05) is 37.5 Å². The number of nitrogens with zero attached hydrogens (tertiary/aromatic N) is 3. The second-order valence-corrected chi connectivity index (χ2v) is 9.10. The van der Waals surface area contributed by atoms with Crippen LogP contribution in [0.1, 0.15) is 50.5 Å². The lowest BCUT2D eigenvalue weighted by Gasteiger charge is -2.41. The zero-order valence-corrected chi connectivity index (χ0v) is 18.6. The number of imide groups is 1. The van der Waals surface area contributed by atoms with Crippen molar-refractivity contribution in [2.75, 3.05) is 40.3 Å². The van der Waals surface area contributed by atoms with E-state index >= 15 is 0 Å². The SMILES string of the molecule is COc1ccccc1[C@@]1(CC(=O)N2CCN(C3CCCCC3)CC2)CC(=O)N(C)C1=O. The average molecular weight is 428 g/mol. The third-order valence-electron chi connectivity index (χ3n) is 7.37. The quantitative estimate of drug-likeness (QED) is 0.674. The van der Waals surface area contributed by atoms with Gasteiger partial charge in [0.25, 0.3) is 0 Å². The van der Waals surface area contributed by atoms with E-state index in [0.717, 1.165) is 18.0 Å². The maximum atomic E-state index is 13.4. The number of hydrogen-bond donors (Lipinski definition) is 0. The second-order valence-electron chi connectivity index (χ2n) is 9.10. The fraction of sp³-hybridized carbons (Fsp3) is 0.625. The van der Waals surface area contributed by atoms with Crippen LogP contribution in [-0.2, 0) is 19.8 Å². The molecule has 1 aromatic carbocycles. The van der Waals surface area contributed by atoms with Gasteiger partial charge in [-0.25, -0.2) is 0 Å². The zero-order chi connectivity index (χ0) is 22.0. The minimum absolute atomic E-state index is 0.00349. The summed E-state index contributed by atoms with van der Waals surface area (Å²) in [5, 5.41) is 0. The highest BCUT2D eigenvalue weighted by molar-refractivity contribution is 6.10. The van der Waals surface area contributed by atoms with Crippen LogP contribution in [-0.4, -0.2) is 78.8 Å². The Labute approximate surface area is 184 Å². The number of carbonyl (C=O) groups is 3. The maximum Gasteiger partial charge on any atom is 0.240 e. The van der Waals surface area contributed by atoms with E-state index in [9.17, 15) is 14.4 Å². The van der Waals surface area contributed by atoms with Crippen molar-refractivity contribution in [3.8, 4) is 5.75 Å². The monoisotopic (exact) mass is 427 g/mol. The van der Waals surface area contributed by atoms with Gasteiger partial charge in [0.2, 0.25) is 17.7 Å². The average Bonchev–Trinajstić information content (AvgIpc) is 3.03. The van der Waals surface area contributed by atoms with E-state index in [1.165, 1.54) is 39.2 Å². The Bertz CT molecular complexity index is 843. The van der Waals surface area contributed by atoms with Gasteiger partial charge in [-0.05, 0) is 18.9 Å². The predicted molar refractivity (Wildman–Crippen MR) is 117 cm³/mol. The number of para-hydroxylation sites is 1. The Morgan fingerprint density at radius 3 is 2.35 bits per heavy atom. The lowest BCUT2D eigenvalue weighted by Crippen LogP contribution is -2.53. The summed E-state index contributed by atoms with van der Waals surface area (Å²) in [6.07, 6.45) is 6.44. The van der Waals surface area contributed by atoms with Crippen LogP contribution in [0.15, 0.2) is 24.3 Å². The third kappa shape index (κ3) is 4.07. The number of amides is 3. The van der Waals surface area contributed by atoms with Crippen LogP contribution < -0.4 is 4.74 Å². The van der Waals surface area contributed by atoms with Gasteiger partial charge < -0.3 is 9.64 Å². The van der Waals surface area contributed by atoms with Gasteiger partial charge in [0.15, 0.2) is 0 Å². The van der Waals surface area contributed by atoms with Crippen molar-refractivity contribution in [1.82, 2.24) is 14.7 Å². The Balaban J connectivity index is 1.51. The molecule has 0 radical (unpaired) electrons. The molecule has 168 valence electrons. The van der Waals surface area contributed by atoms with Crippen molar-refractivity contribution in [3.63, 3.8) is 0 Å². The van der Waals surface area contributed by atoms with Crippen LogP contribution in [0.5, 0.6) is 5.75 Å². The Hall–Kier alpha value is -2.41. The first-order valence-electron chi connectivity index (χ1n) is 11.4. The third-order valence-corrected chi connectivity index (χ3v) is 7.37. The van der Waals surface area contributed by atoms with Gasteiger partial charge in [0, 0.05) is 57.7 Å². The number of piperazine rings is 1. The van der Waals surface area contributed by atoms with Crippen LogP contribution in [0.3, 0.4) is 0 Å². The van der Waals surface area contributed by atoms with Crippen molar-refractivity contribution < 1.29 is 19.1 Å². The lowest BCUT2D eigenvalue weighted by molar-refractivity contribution is -0.142. The first kappa shape index (κ1) is 21.8. The Morgan fingerprint density at radius 2 is 1.74 bits per heavy atom. The van der Waals surface area contributed by atoms with Crippen LogP contribution in [0.4, 0.5) is 0 Å². The molecule has 0 unspecified atom stereocenters. The summed E-state index contributed by atoms with van der Waals surface area (Å²) in [7, 11) is 3.04. The topological polar surface area (TPSA) is 70.2 Å². The molecule has 3 amide bonds. The number of carbonyl (C=O) groups excluding carboxylic acids is 3. The molecule has 0 aromatic heterocycles. The highest BCUT2D eigenvalue weighted by Gasteiger charge is 2.54. The first-order valence-corrected chi connectivity index (χ1v) is 11.4. The second kappa shape index (κ2) is 8.99. The number of likely N-dealkylation sites (N-methyl/N-ethyl adjacent to an activating group) is 1. The molecule has 1 aromatic rings. The number of likely N-dealkylation sites (tertiary alicyclic amines) is 1. The van der Waals surface area contributed by atoms with Gasteiger partial charge in [0.05, 0.1) is 12.5 Å². The van der Waals surface area contributed by atoms with Gasteiger partial charge >= 0.3 is 0 Å². The summed E-state index contributed by atoms with van der Waals surface area (Å²) in [4.78, 5) is 44.6. The van der Waals surface area contributed by atoms with Crippen LogP contribution in [0.25, 0.3) is 0 Å². The van der Waals surface area contributed by atoms with Crippen molar-refractivity contribution in [2.45, 2.75) is 56.4 Å². The van der Waals surface area contributed by atoms with E-state index in [0.29, 0.717) is 30.4 Å². The molecule has 2 heterocycles. The van der Waals surface area contributed by atoms with Gasteiger partial charge in [0.1, 0.15) is 5.75 Å². The van der Waals surface area contributed by atoms with E-state index in [2.05, 4.69) is 4.90 Å². The van der Waals surface area contributed by atoms with Crippen molar-refractivity contribution in [3.05, 3.63) is 29.8 Å².